The topological polar surface area (TPSA) is 33.1 Å². The number of ether oxygens (including phenoxy) is 1. The van der Waals surface area contributed by atoms with Crippen LogP contribution in [0.1, 0.15) is 19.3 Å². The summed E-state index contributed by atoms with van der Waals surface area (Å²) in [5, 5.41) is 6.81. The summed E-state index contributed by atoms with van der Waals surface area (Å²) in [5.74, 6) is 0.743. The van der Waals surface area contributed by atoms with Crippen molar-refractivity contribution in [3.05, 3.63) is 12.7 Å². The van der Waals surface area contributed by atoms with Gasteiger partial charge in [-0.1, -0.05) is 6.08 Å². The third-order valence-electron chi connectivity index (χ3n) is 1.94. The summed E-state index contributed by atoms with van der Waals surface area (Å²) in [6.07, 6.45) is 7.03. The van der Waals surface area contributed by atoms with E-state index < -0.39 is 0 Å². The highest BCUT2D eigenvalue weighted by molar-refractivity contribution is 5.54. The molecule has 0 heterocycles. The average molecular weight is 153 g/mol. The van der Waals surface area contributed by atoms with Crippen LogP contribution in [0, 0.1) is 11.3 Å². The van der Waals surface area contributed by atoms with Gasteiger partial charge in [-0.3, -0.25) is 0 Å². The Balaban J connectivity index is 2.19. The predicted octanol–water partition coefficient (Wildman–Crippen LogP) is 2.01. The molecule has 62 valence electrons. The second-order valence-corrected chi connectivity index (χ2v) is 2.94. The first-order valence-corrected chi connectivity index (χ1v) is 4.10. The van der Waals surface area contributed by atoms with E-state index in [2.05, 4.69) is 6.58 Å². The van der Waals surface area contributed by atoms with Crippen LogP contribution in [0.4, 0.5) is 0 Å². The van der Waals surface area contributed by atoms with Crippen LogP contribution in [0.2, 0.25) is 0 Å². The molecule has 0 saturated heterocycles. The zero-order valence-corrected chi connectivity index (χ0v) is 6.75. The fourth-order valence-electron chi connectivity index (χ4n) is 1.20. The van der Waals surface area contributed by atoms with E-state index in [4.69, 9.17) is 10.1 Å². The predicted molar refractivity (Wildman–Crippen MR) is 46.1 cm³/mol. The summed E-state index contributed by atoms with van der Waals surface area (Å²) in [5.41, 5.74) is 0. The van der Waals surface area contributed by atoms with Crippen molar-refractivity contribution in [1.82, 2.24) is 0 Å². The highest BCUT2D eigenvalue weighted by atomic mass is 16.5. The smallest absolute Gasteiger partial charge is 0.0815 e. The van der Waals surface area contributed by atoms with E-state index in [1.807, 2.05) is 6.08 Å². The van der Waals surface area contributed by atoms with Gasteiger partial charge in [0.15, 0.2) is 0 Å². The Morgan fingerprint density at radius 1 is 1.64 bits per heavy atom. The molecule has 0 aromatic rings. The van der Waals surface area contributed by atoms with Crippen molar-refractivity contribution in [2.75, 3.05) is 6.61 Å². The van der Waals surface area contributed by atoms with Crippen LogP contribution in [-0.2, 0) is 4.74 Å². The Hall–Kier alpha value is -0.630. The zero-order valence-electron chi connectivity index (χ0n) is 6.75. The van der Waals surface area contributed by atoms with Gasteiger partial charge < -0.3 is 10.1 Å². The van der Waals surface area contributed by atoms with Gasteiger partial charge in [0.1, 0.15) is 0 Å². The zero-order chi connectivity index (χ0) is 8.10. The van der Waals surface area contributed by atoms with Gasteiger partial charge in [0.05, 0.1) is 12.7 Å². The molecule has 2 nitrogen and oxygen atoms in total. The van der Waals surface area contributed by atoms with E-state index in [-0.39, 0.29) is 0 Å². The van der Waals surface area contributed by atoms with Crippen molar-refractivity contribution in [3.8, 4) is 0 Å². The maximum absolute atomic E-state index is 6.81. The lowest BCUT2D eigenvalue weighted by atomic mass is 10.1. The molecule has 0 radical (unpaired) electrons. The minimum Gasteiger partial charge on any atom is -0.372 e. The largest absolute Gasteiger partial charge is 0.372 e. The maximum atomic E-state index is 6.81. The molecule has 1 fully saturated rings. The number of hydrogen-bond acceptors (Lipinski definition) is 2. The first kappa shape index (κ1) is 8.47. The second-order valence-electron chi connectivity index (χ2n) is 2.94. The first-order valence-electron chi connectivity index (χ1n) is 4.10. The molecule has 0 aromatic heterocycles. The number of nitrogens with one attached hydrogen (secondary N) is 1. The lowest BCUT2D eigenvalue weighted by molar-refractivity contribution is 0.0686. The van der Waals surface area contributed by atoms with E-state index >= 15 is 0 Å². The highest BCUT2D eigenvalue weighted by Crippen LogP contribution is 2.35. The van der Waals surface area contributed by atoms with Crippen LogP contribution >= 0.6 is 0 Å². The number of hydrogen-bond donors (Lipinski definition) is 1. The molecule has 0 spiro atoms. The standard InChI is InChI=1S/C9H15NO/c1-2-3-9(8-4-5-8)11-7-6-10/h2,6,8-10H,1,3-5,7H2. The molecule has 0 amide bonds. The normalized spacial score (nSPS) is 19.3. The Morgan fingerprint density at radius 2 is 2.36 bits per heavy atom. The molecule has 1 saturated carbocycles. The van der Waals surface area contributed by atoms with Crippen LogP contribution in [0.3, 0.4) is 0 Å². The molecule has 1 aliphatic carbocycles. The molecule has 1 atom stereocenters. The van der Waals surface area contributed by atoms with E-state index in [0.717, 1.165) is 12.3 Å². The minimum absolute atomic E-state index is 0.328. The molecule has 0 aromatic carbocycles. The third-order valence-corrected chi connectivity index (χ3v) is 1.94. The summed E-state index contributed by atoms with van der Waals surface area (Å²) < 4.78 is 5.44. The van der Waals surface area contributed by atoms with Gasteiger partial charge in [0.2, 0.25) is 0 Å². The molecule has 1 aliphatic rings. The first-order chi connectivity index (χ1) is 5.38. The van der Waals surface area contributed by atoms with Gasteiger partial charge in [0, 0.05) is 6.21 Å². The van der Waals surface area contributed by atoms with Crippen LogP contribution in [-0.4, -0.2) is 18.9 Å². The van der Waals surface area contributed by atoms with Crippen LogP contribution in [0.5, 0.6) is 0 Å². The quantitative estimate of drug-likeness (QED) is 0.459. The van der Waals surface area contributed by atoms with Crippen molar-refractivity contribution in [1.29, 1.82) is 5.41 Å². The molecule has 2 heteroatoms. The van der Waals surface area contributed by atoms with Crippen molar-refractivity contribution in [3.63, 3.8) is 0 Å². The summed E-state index contributed by atoms with van der Waals surface area (Å²) in [4.78, 5) is 0. The Morgan fingerprint density at radius 3 is 2.82 bits per heavy atom. The van der Waals surface area contributed by atoms with Gasteiger partial charge in [-0.2, -0.15) is 0 Å². The Kier molecular flexibility index (Phi) is 3.30. The summed E-state index contributed by atoms with van der Waals surface area (Å²) >= 11 is 0. The van der Waals surface area contributed by atoms with E-state index in [1.165, 1.54) is 19.1 Å². The minimum atomic E-state index is 0.328. The number of rotatable bonds is 6. The van der Waals surface area contributed by atoms with E-state index in [9.17, 15) is 0 Å². The summed E-state index contributed by atoms with van der Waals surface area (Å²) in [6.45, 7) is 4.14. The van der Waals surface area contributed by atoms with Gasteiger partial charge in [-0.15, -0.1) is 6.58 Å². The molecule has 1 rings (SSSR count). The fraction of sp³-hybridized carbons (Fsp3) is 0.667. The molecule has 0 bridgehead atoms. The second kappa shape index (κ2) is 4.29. The fourth-order valence-corrected chi connectivity index (χ4v) is 1.20. The van der Waals surface area contributed by atoms with Gasteiger partial charge in [-0.05, 0) is 25.2 Å². The molecule has 1 N–H and O–H groups in total. The van der Waals surface area contributed by atoms with Gasteiger partial charge in [-0.25, -0.2) is 0 Å². The highest BCUT2D eigenvalue weighted by Gasteiger charge is 2.30. The van der Waals surface area contributed by atoms with Crippen molar-refractivity contribution >= 4 is 6.21 Å². The van der Waals surface area contributed by atoms with E-state index in [0.29, 0.717) is 12.7 Å². The monoisotopic (exact) mass is 153 g/mol. The molecule has 11 heavy (non-hydrogen) atoms. The lowest BCUT2D eigenvalue weighted by Gasteiger charge is -2.13. The summed E-state index contributed by atoms with van der Waals surface area (Å²) in [7, 11) is 0. The molecular weight excluding hydrogens is 138 g/mol. The van der Waals surface area contributed by atoms with Crippen molar-refractivity contribution in [2.24, 2.45) is 5.92 Å². The van der Waals surface area contributed by atoms with Crippen LogP contribution in [0.25, 0.3) is 0 Å². The van der Waals surface area contributed by atoms with Gasteiger partial charge in [0.25, 0.3) is 0 Å². The third kappa shape index (κ3) is 2.85. The van der Waals surface area contributed by atoms with Gasteiger partial charge >= 0.3 is 0 Å². The molecule has 1 unspecified atom stereocenters. The SMILES string of the molecule is C=CCC(OCC=N)C1CC1. The summed E-state index contributed by atoms with van der Waals surface area (Å²) in [6, 6.07) is 0. The van der Waals surface area contributed by atoms with E-state index in [1.54, 1.807) is 0 Å². The Bertz CT molecular complexity index is 140. The van der Waals surface area contributed by atoms with Crippen molar-refractivity contribution < 1.29 is 4.74 Å². The maximum Gasteiger partial charge on any atom is 0.0815 e. The van der Waals surface area contributed by atoms with Crippen LogP contribution < -0.4 is 0 Å². The molecule has 0 aliphatic heterocycles. The Labute approximate surface area is 67.8 Å². The van der Waals surface area contributed by atoms with Crippen LogP contribution in [0.15, 0.2) is 12.7 Å². The lowest BCUT2D eigenvalue weighted by Crippen LogP contribution is -2.15. The van der Waals surface area contributed by atoms with Crippen molar-refractivity contribution in [2.45, 2.75) is 25.4 Å². The average Bonchev–Trinajstić information content (AvgIpc) is 2.80. The molecular formula is C9H15NO.